The predicted molar refractivity (Wildman–Crippen MR) is 498 cm³/mol. The number of aryl methyl sites for hydroxylation is 4. The lowest BCUT2D eigenvalue weighted by Crippen LogP contribution is -2.14. The van der Waals surface area contributed by atoms with E-state index in [9.17, 15) is 21.0 Å². The van der Waals surface area contributed by atoms with Crippen molar-refractivity contribution in [3.8, 4) is 79.9 Å². The fourth-order valence-corrected chi connectivity index (χ4v) is 18.0. The smallest absolute Gasteiger partial charge is 0.101 e. The van der Waals surface area contributed by atoms with Gasteiger partial charge in [0, 0.05) is 55.7 Å². The molecule has 0 heterocycles. The van der Waals surface area contributed by atoms with Gasteiger partial charge in [0.2, 0.25) is 0 Å². The van der Waals surface area contributed by atoms with Gasteiger partial charge in [0.1, 0.15) is 12.1 Å². The number of anilines is 12. The van der Waals surface area contributed by atoms with Crippen molar-refractivity contribution in [1.29, 1.82) is 21.0 Å². The minimum absolute atomic E-state index is 0.452. The van der Waals surface area contributed by atoms with Crippen LogP contribution in [0.3, 0.4) is 0 Å². The van der Waals surface area contributed by atoms with Gasteiger partial charge in [0.05, 0.1) is 68.5 Å². The van der Waals surface area contributed by atoms with Gasteiger partial charge in [0.15, 0.2) is 0 Å². The molecule has 0 aliphatic heterocycles. The third-order valence-electron chi connectivity index (χ3n) is 23.9. The van der Waals surface area contributed by atoms with E-state index < -0.39 is 0 Å². The normalized spacial score (nSPS) is 11.3. The molecule has 0 bridgehead atoms. The Hall–Kier alpha value is -16.4. The van der Waals surface area contributed by atoms with Crippen LogP contribution in [0.2, 0.25) is 0 Å². The molecule has 0 fully saturated rings. The molecule has 120 heavy (non-hydrogen) atoms. The first kappa shape index (κ1) is 72.6. The lowest BCUT2D eigenvalue weighted by atomic mass is 9.91. The second-order valence-corrected chi connectivity index (χ2v) is 31.0. The zero-order chi connectivity index (χ0) is 81.2. The molecule has 8 nitrogen and oxygen atoms in total. The number of para-hydroxylation sites is 1. The first-order valence-electron chi connectivity index (χ1n) is 40.3. The monoisotopic (exact) mass is 1530 g/mol. The van der Waals surface area contributed by atoms with Gasteiger partial charge >= 0.3 is 0 Å². The molecule has 562 valence electrons. The summed E-state index contributed by atoms with van der Waals surface area (Å²) in [4.78, 5) is 9.20. The summed E-state index contributed by atoms with van der Waals surface area (Å²) in [7, 11) is 0. The van der Waals surface area contributed by atoms with Crippen molar-refractivity contribution in [3.05, 3.63) is 421 Å². The number of nitrogens with zero attached hydrogens (tertiary/aromatic N) is 8. The van der Waals surface area contributed by atoms with Gasteiger partial charge in [-0.05, 0) is 258 Å². The van der Waals surface area contributed by atoms with Crippen LogP contribution in [0.15, 0.2) is 376 Å². The van der Waals surface area contributed by atoms with Crippen LogP contribution in [-0.2, 0) is 0 Å². The highest BCUT2D eigenvalue weighted by Crippen LogP contribution is 2.54. The van der Waals surface area contributed by atoms with Crippen molar-refractivity contribution in [2.45, 2.75) is 27.7 Å². The maximum Gasteiger partial charge on any atom is 0.101 e. The van der Waals surface area contributed by atoms with E-state index in [2.05, 4.69) is 357 Å². The molecular weight excluding hydrogens is 1460 g/mol. The summed E-state index contributed by atoms with van der Waals surface area (Å²) in [6.45, 7) is 8.58. The van der Waals surface area contributed by atoms with Crippen LogP contribution in [0.4, 0.5) is 68.2 Å². The number of hydrogen-bond donors (Lipinski definition) is 0. The lowest BCUT2D eigenvalue weighted by Gasteiger charge is -2.32. The third kappa shape index (κ3) is 12.6. The molecule has 0 aromatic heterocycles. The van der Waals surface area contributed by atoms with E-state index >= 15 is 0 Å². The van der Waals surface area contributed by atoms with Crippen molar-refractivity contribution >= 4 is 133 Å². The Balaban J connectivity index is 0.788. The summed E-state index contributed by atoms with van der Waals surface area (Å²) >= 11 is 0. The fourth-order valence-electron chi connectivity index (χ4n) is 18.0. The van der Waals surface area contributed by atoms with Crippen LogP contribution >= 0.6 is 0 Å². The Labute approximate surface area is 697 Å². The molecule has 0 saturated heterocycles. The predicted octanol–water partition coefficient (Wildman–Crippen LogP) is 30.4. The molecule has 0 unspecified atom stereocenters. The number of hydrogen-bond acceptors (Lipinski definition) is 8. The molecule has 20 aromatic rings. The van der Waals surface area contributed by atoms with Crippen LogP contribution < -0.4 is 19.6 Å². The van der Waals surface area contributed by atoms with Crippen molar-refractivity contribution in [3.63, 3.8) is 0 Å². The van der Waals surface area contributed by atoms with E-state index in [1.807, 2.05) is 91.0 Å². The quantitative estimate of drug-likeness (QED) is 0.0830. The largest absolute Gasteiger partial charge is 0.310 e. The van der Waals surface area contributed by atoms with E-state index in [4.69, 9.17) is 0 Å². The maximum absolute atomic E-state index is 11.8. The van der Waals surface area contributed by atoms with Crippen LogP contribution in [-0.4, -0.2) is 0 Å². The standard InChI is InChI=1S/C112H74N8/c1-71-32-36-85(77-21-9-5-10-22-77)62-104(71)117(93-30-19-20-75(59-93)67-113)100-54-46-81-43-51-96-101(55-47-82-42-50-95(100)109(81)110(82)96)118(105-63-86(37-33-72(105)2)78-23-11-6-12-24-78)94-60-76(68-114)58-92(61-94)89-40-41-91(70-116)108(66-89)120(107-65-88(39-35-74(107)4)80-27-15-8-16-28-80)103-57-49-84-44-52-97-102(56-48-83-45-53-98(103)112(84)111(83)97)119(99-31-18-17-29-90(99)69-115)106-64-87(38-34-73(106)3)79-25-13-7-14-26-79/h5-66H,1-4H3. The van der Waals surface area contributed by atoms with E-state index in [-0.39, 0.29) is 0 Å². The summed E-state index contributed by atoms with van der Waals surface area (Å²) in [6.07, 6.45) is 0. The summed E-state index contributed by atoms with van der Waals surface area (Å²) in [6, 6.07) is 142. The van der Waals surface area contributed by atoms with Crippen molar-refractivity contribution in [1.82, 2.24) is 0 Å². The molecule has 20 aromatic carbocycles. The fraction of sp³-hybridized carbons (Fsp3) is 0.0357. The Morgan fingerprint density at radius 2 is 0.500 bits per heavy atom. The number of nitriles is 4. The Morgan fingerprint density at radius 3 is 0.900 bits per heavy atom. The van der Waals surface area contributed by atoms with Crippen LogP contribution in [0.25, 0.3) is 120 Å². The molecule has 0 atom stereocenters. The number of rotatable bonds is 17. The zero-order valence-corrected chi connectivity index (χ0v) is 66.4. The highest BCUT2D eigenvalue weighted by molar-refractivity contribution is 6.30. The van der Waals surface area contributed by atoms with Gasteiger partial charge < -0.3 is 19.6 Å². The van der Waals surface area contributed by atoms with Gasteiger partial charge in [-0.2, -0.15) is 21.0 Å². The van der Waals surface area contributed by atoms with Crippen LogP contribution in [0, 0.1) is 73.0 Å². The molecule has 0 amide bonds. The topological polar surface area (TPSA) is 108 Å². The molecule has 8 heteroatoms. The summed E-state index contributed by atoms with van der Waals surface area (Å²) in [5, 5.41) is 57.4. The first-order valence-corrected chi connectivity index (χ1v) is 40.3. The Morgan fingerprint density at radius 1 is 0.183 bits per heavy atom. The van der Waals surface area contributed by atoms with Gasteiger partial charge in [0.25, 0.3) is 0 Å². The average molecular weight is 1530 g/mol. The van der Waals surface area contributed by atoms with Gasteiger partial charge in [-0.15, -0.1) is 0 Å². The molecular formula is C112H74N8. The number of benzene rings is 20. The van der Waals surface area contributed by atoms with Gasteiger partial charge in [-0.25, -0.2) is 0 Å². The van der Waals surface area contributed by atoms with E-state index in [0.717, 1.165) is 205 Å². The highest BCUT2D eigenvalue weighted by Gasteiger charge is 2.30. The molecule has 0 aliphatic carbocycles. The molecule has 0 saturated carbocycles. The molecule has 0 N–H and O–H groups in total. The highest BCUT2D eigenvalue weighted by atomic mass is 15.2. The van der Waals surface area contributed by atoms with Crippen molar-refractivity contribution in [2.24, 2.45) is 0 Å². The van der Waals surface area contributed by atoms with Crippen LogP contribution in [0.1, 0.15) is 44.5 Å². The summed E-state index contributed by atoms with van der Waals surface area (Å²) in [5.41, 5.74) is 26.7. The Kier molecular flexibility index (Phi) is 18.2. The summed E-state index contributed by atoms with van der Waals surface area (Å²) in [5.74, 6) is 0. The van der Waals surface area contributed by atoms with E-state index in [1.54, 1.807) is 0 Å². The third-order valence-corrected chi connectivity index (χ3v) is 23.9. The minimum Gasteiger partial charge on any atom is -0.310 e. The lowest BCUT2D eigenvalue weighted by molar-refractivity contribution is 1.25. The first-order chi connectivity index (χ1) is 59.0. The summed E-state index contributed by atoms with van der Waals surface area (Å²) < 4.78 is 0. The average Bonchev–Trinajstić information content (AvgIpc) is 0.719. The second-order valence-electron chi connectivity index (χ2n) is 31.0. The van der Waals surface area contributed by atoms with Crippen molar-refractivity contribution < 1.29 is 0 Å². The van der Waals surface area contributed by atoms with Crippen molar-refractivity contribution in [2.75, 3.05) is 19.6 Å². The molecule has 0 aliphatic rings. The molecule has 20 rings (SSSR count). The van der Waals surface area contributed by atoms with Gasteiger partial charge in [-0.3, -0.25) is 0 Å². The maximum atomic E-state index is 11.8. The molecule has 0 spiro atoms. The minimum atomic E-state index is 0.452. The second kappa shape index (κ2) is 30.1. The SMILES string of the molecule is Cc1ccc(-c2ccccc2)cc1N(c1cccc(C#N)c1)c1ccc2ccc3c(N(c4cc(C#N)cc(-c5ccc(C#N)c(N(c6cc(-c7ccccc7)ccc6C)c6ccc7ccc8c(N(c9cc(-c%10ccccc%10)ccc9C)c9ccccc9C#N)ccc9ccc6c7c98)c5)c4)c4cc(-c5ccccc5)ccc4C)ccc4ccc1c2c43. The van der Waals surface area contributed by atoms with Gasteiger partial charge in [-0.1, -0.05) is 267 Å². The Bertz CT molecular complexity index is 7660. The molecule has 0 radical (unpaired) electrons. The van der Waals surface area contributed by atoms with E-state index in [1.165, 1.54) is 0 Å². The van der Waals surface area contributed by atoms with E-state index in [0.29, 0.717) is 27.9 Å². The zero-order valence-electron chi connectivity index (χ0n) is 66.4. The van der Waals surface area contributed by atoms with Crippen LogP contribution in [0.5, 0.6) is 0 Å².